The third kappa shape index (κ3) is 5.78. The van der Waals surface area contributed by atoms with Crippen molar-refractivity contribution in [2.45, 2.75) is 18.9 Å². The highest BCUT2D eigenvalue weighted by Gasteiger charge is 2.13. The van der Waals surface area contributed by atoms with E-state index in [1.807, 2.05) is 11.9 Å². The van der Waals surface area contributed by atoms with Crippen molar-refractivity contribution in [1.82, 2.24) is 4.90 Å². The highest BCUT2D eigenvalue weighted by atomic mass is 35.5. The van der Waals surface area contributed by atoms with Gasteiger partial charge in [0, 0.05) is 23.1 Å². The Labute approximate surface area is 122 Å². The molecule has 1 aromatic rings. The summed E-state index contributed by atoms with van der Waals surface area (Å²) in [6.07, 6.45) is -0.108. The van der Waals surface area contributed by atoms with Gasteiger partial charge >= 0.3 is 5.97 Å². The van der Waals surface area contributed by atoms with Crippen molar-refractivity contribution in [1.29, 1.82) is 0 Å². The van der Waals surface area contributed by atoms with Crippen LogP contribution in [-0.4, -0.2) is 41.2 Å². The summed E-state index contributed by atoms with van der Waals surface area (Å²) in [5.41, 5.74) is 0.637. The number of halogens is 2. The van der Waals surface area contributed by atoms with Gasteiger partial charge in [0.2, 0.25) is 0 Å². The van der Waals surface area contributed by atoms with Crippen LogP contribution in [0.2, 0.25) is 10.0 Å². The number of hydrogen-bond acceptors (Lipinski definition) is 3. The normalized spacial score (nSPS) is 12.7. The monoisotopic (exact) mass is 305 g/mol. The van der Waals surface area contributed by atoms with Gasteiger partial charge in [-0.05, 0) is 31.2 Å². The Bertz CT molecular complexity index is 440. The number of carboxylic acids is 1. The van der Waals surface area contributed by atoms with Gasteiger partial charge in [-0.1, -0.05) is 29.3 Å². The second-order valence-corrected chi connectivity index (χ2v) is 5.26. The lowest BCUT2D eigenvalue weighted by atomic mass is 10.1. The fourth-order valence-electron chi connectivity index (χ4n) is 1.67. The molecule has 4 nitrogen and oxygen atoms in total. The molecule has 1 unspecified atom stereocenters. The van der Waals surface area contributed by atoms with Gasteiger partial charge in [0.25, 0.3) is 0 Å². The van der Waals surface area contributed by atoms with Crippen LogP contribution in [0.4, 0.5) is 0 Å². The fraction of sp³-hybridized carbons (Fsp3) is 0.462. The van der Waals surface area contributed by atoms with E-state index in [1.165, 1.54) is 0 Å². The molecular formula is C13H17Cl2NO3. The van der Waals surface area contributed by atoms with Crippen molar-refractivity contribution in [3.63, 3.8) is 0 Å². The summed E-state index contributed by atoms with van der Waals surface area (Å²) in [5.74, 6) is -0.826. The molecule has 0 saturated carbocycles. The van der Waals surface area contributed by atoms with Crippen LogP contribution < -0.4 is 0 Å². The van der Waals surface area contributed by atoms with Crippen LogP contribution >= 0.6 is 23.2 Å². The molecule has 0 aromatic heterocycles. The lowest BCUT2D eigenvalue weighted by molar-refractivity contribution is -0.137. The first-order chi connectivity index (χ1) is 8.90. The van der Waals surface area contributed by atoms with Gasteiger partial charge in [0.05, 0.1) is 12.5 Å². The molecule has 0 fully saturated rings. The average molecular weight is 306 g/mol. The molecule has 0 radical (unpaired) electrons. The molecule has 1 atom stereocenters. The molecule has 0 aliphatic heterocycles. The van der Waals surface area contributed by atoms with Crippen LogP contribution in [0.25, 0.3) is 0 Å². The number of aliphatic hydroxyl groups is 1. The van der Waals surface area contributed by atoms with E-state index >= 15 is 0 Å². The number of aliphatic hydroxyl groups excluding tert-OH is 1. The molecule has 0 spiro atoms. The van der Waals surface area contributed by atoms with Crippen LogP contribution in [0.3, 0.4) is 0 Å². The van der Waals surface area contributed by atoms with E-state index < -0.39 is 12.1 Å². The lowest BCUT2D eigenvalue weighted by Crippen LogP contribution is -2.24. The number of carboxylic acid groups (broad SMARTS) is 1. The Balaban J connectivity index is 2.46. The van der Waals surface area contributed by atoms with E-state index in [2.05, 4.69) is 0 Å². The molecule has 0 aliphatic rings. The van der Waals surface area contributed by atoms with E-state index in [0.29, 0.717) is 35.1 Å². The van der Waals surface area contributed by atoms with Crippen LogP contribution in [0, 0.1) is 0 Å². The van der Waals surface area contributed by atoms with Gasteiger partial charge in [-0.15, -0.1) is 0 Å². The standard InChI is InChI=1S/C13H17Cl2NO3/c1-16(7-5-13(18)19)6-4-12(17)10-3-2-9(14)8-11(10)15/h2-3,8,12,17H,4-7H2,1H3,(H,18,19). The lowest BCUT2D eigenvalue weighted by Gasteiger charge is -2.18. The third-order valence-electron chi connectivity index (χ3n) is 2.81. The largest absolute Gasteiger partial charge is 0.481 e. The smallest absolute Gasteiger partial charge is 0.304 e. The minimum atomic E-state index is -0.826. The summed E-state index contributed by atoms with van der Waals surface area (Å²) in [5, 5.41) is 19.6. The molecule has 0 bridgehead atoms. The Kier molecular flexibility index (Phi) is 6.58. The molecule has 0 saturated heterocycles. The zero-order valence-corrected chi connectivity index (χ0v) is 12.2. The molecule has 0 heterocycles. The van der Waals surface area contributed by atoms with Crippen LogP contribution in [-0.2, 0) is 4.79 Å². The van der Waals surface area contributed by atoms with Crippen LogP contribution in [0.5, 0.6) is 0 Å². The SMILES string of the molecule is CN(CCC(=O)O)CCC(O)c1ccc(Cl)cc1Cl. The maximum Gasteiger partial charge on any atom is 0.304 e. The number of aliphatic carboxylic acids is 1. The first kappa shape index (κ1) is 16.2. The molecule has 1 aromatic carbocycles. The summed E-state index contributed by atoms with van der Waals surface area (Å²) in [4.78, 5) is 12.3. The second-order valence-electron chi connectivity index (χ2n) is 4.42. The van der Waals surface area contributed by atoms with Gasteiger partial charge in [-0.2, -0.15) is 0 Å². The number of nitrogens with zero attached hydrogens (tertiary/aromatic N) is 1. The molecular weight excluding hydrogens is 289 g/mol. The van der Waals surface area contributed by atoms with Gasteiger partial charge in [-0.3, -0.25) is 4.79 Å². The fourth-order valence-corrected chi connectivity index (χ4v) is 2.20. The van der Waals surface area contributed by atoms with E-state index in [0.717, 1.165) is 0 Å². The van der Waals surface area contributed by atoms with Crippen LogP contribution in [0.15, 0.2) is 18.2 Å². The van der Waals surface area contributed by atoms with E-state index in [9.17, 15) is 9.90 Å². The number of hydrogen-bond donors (Lipinski definition) is 2. The summed E-state index contributed by atoms with van der Waals surface area (Å²) in [6.45, 7) is 1.05. The average Bonchev–Trinajstić information content (AvgIpc) is 2.33. The third-order valence-corrected chi connectivity index (χ3v) is 3.38. The second kappa shape index (κ2) is 7.70. The highest BCUT2D eigenvalue weighted by molar-refractivity contribution is 6.35. The Morgan fingerprint density at radius 3 is 2.63 bits per heavy atom. The predicted molar refractivity (Wildman–Crippen MR) is 75.8 cm³/mol. The summed E-state index contributed by atoms with van der Waals surface area (Å²) in [6, 6.07) is 4.97. The predicted octanol–water partition coefficient (Wildman–Crippen LogP) is 2.82. The van der Waals surface area contributed by atoms with Crippen molar-refractivity contribution in [3.8, 4) is 0 Å². The summed E-state index contributed by atoms with van der Waals surface area (Å²) >= 11 is 11.8. The van der Waals surface area contributed by atoms with Gasteiger partial charge < -0.3 is 15.1 Å². The quantitative estimate of drug-likeness (QED) is 0.813. The van der Waals surface area contributed by atoms with Crippen molar-refractivity contribution < 1.29 is 15.0 Å². The summed E-state index contributed by atoms with van der Waals surface area (Å²) < 4.78 is 0. The Morgan fingerprint density at radius 2 is 2.05 bits per heavy atom. The Morgan fingerprint density at radius 1 is 1.37 bits per heavy atom. The zero-order valence-electron chi connectivity index (χ0n) is 10.6. The molecule has 0 amide bonds. The number of carbonyl (C=O) groups is 1. The van der Waals surface area contributed by atoms with Gasteiger partial charge in [-0.25, -0.2) is 0 Å². The van der Waals surface area contributed by atoms with Gasteiger partial charge in [0.1, 0.15) is 0 Å². The Hall–Kier alpha value is -0.810. The van der Waals surface area contributed by atoms with E-state index in [-0.39, 0.29) is 6.42 Å². The maximum absolute atomic E-state index is 10.4. The molecule has 2 N–H and O–H groups in total. The van der Waals surface area contributed by atoms with Crippen molar-refractivity contribution in [3.05, 3.63) is 33.8 Å². The summed E-state index contributed by atoms with van der Waals surface area (Å²) in [7, 11) is 1.82. The van der Waals surface area contributed by atoms with Crippen molar-refractivity contribution in [2.75, 3.05) is 20.1 Å². The molecule has 19 heavy (non-hydrogen) atoms. The highest BCUT2D eigenvalue weighted by Crippen LogP contribution is 2.27. The minimum absolute atomic E-state index is 0.0916. The van der Waals surface area contributed by atoms with Gasteiger partial charge in [0.15, 0.2) is 0 Å². The zero-order chi connectivity index (χ0) is 14.4. The molecule has 1 rings (SSSR count). The topological polar surface area (TPSA) is 60.8 Å². The van der Waals surface area contributed by atoms with E-state index in [1.54, 1.807) is 18.2 Å². The molecule has 106 valence electrons. The van der Waals surface area contributed by atoms with Crippen molar-refractivity contribution >= 4 is 29.2 Å². The van der Waals surface area contributed by atoms with Crippen LogP contribution in [0.1, 0.15) is 24.5 Å². The number of benzene rings is 1. The molecule has 6 heteroatoms. The molecule has 0 aliphatic carbocycles. The maximum atomic E-state index is 10.4. The first-order valence-corrected chi connectivity index (χ1v) is 6.69. The number of rotatable bonds is 7. The first-order valence-electron chi connectivity index (χ1n) is 5.93. The van der Waals surface area contributed by atoms with Crippen molar-refractivity contribution in [2.24, 2.45) is 0 Å². The van der Waals surface area contributed by atoms with E-state index in [4.69, 9.17) is 28.3 Å². The minimum Gasteiger partial charge on any atom is -0.481 e.